The highest BCUT2D eigenvalue weighted by Gasteiger charge is 2.19. The molecule has 7 heteroatoms. The molecule has 0 atom stereocenters. The number of anilines is 1. The number of aryl methyl sites for hydroxylation is 1. The van der Waals surface area contributed by atoms with Crippen LogP contribution in [0, 0.1) is 6.92 Å². The Balaban J connectivity index is 1.74. The van der Waals surface area contributed by atoms with Gasteiger partial charge in [-0.25, -0.2) is 0 Å². The molecule has 146 valence electrons. The molecule has 0 radical (unpaired) electrons. The first kappa shape index (κ1) is 19.6. The zero-order chi connectivity index (χ0) is 19.9. The zero-order valence-corrected chi connectivity index (χ0v) is 16.0. The van der Waals surface area contributed by atoms with Crippen LogP contribution in [0.2, 0.25) is 0 Å². The minimum Gasteiger partial charge on any atom is -0.385 e. The molecule has 0 saturated heterocycles. The van der Waals surface area contributed by atoms with Gasteiger partial charge in [0, 0.05) is 31.9 Å². The van der Waals surface area contributed by atoms with Crippen molar-refractivity contribution in [2.24, 2.45) is 0 Å². The Labute approximate surface area is 163 Å². The van der Waals surface area contributed by atoms with Gasteiger partial charge in [0.25, 0.3) is 5.91 Å². The van der Waals surface area contributed by atoms with Crippen molar-refractivity contribution in [3.05, 3.63) is 59.9 Å². The van der Waals surface area contributed by atoms with Crippen LogP contribution in [0.4, 0.5) is 5.82 Å². The first-order valence-electron chi connectivity index (χ1n) is 9.07. The Morgan fingerprint density at radius 3 is 2.64 bits per heavy atom. The maximum absolute atomic E-state index is 13.0. The molecule has 1 heterocycles. The maximum Gasteiger partial charge on any atom is 0.254 e. The quantitative estimate of drug-likeness (QED) is 0.606. The second-order valence-corrected chi connectivity index (χ2v) is 6.51. The van der Waals surface area contributed by atoms with Gasteiger partial charge >= 0.3 is 0 Å². The van der Waals surface area contributed by atoms with Gasteiger partial charge in [-0.3, -0.25) is 9.59 Å². The topological polar surface area (TPSA) is 84.7 Å². The van der Waals surface area contributed by atoms with E-state index in [2.05, 4.69) is 10.5 Å². The van der Waals surface area contributed by atoms with Crippen LogP contribution in [0.15, 0.2) is 53.1 Å². The number of fused-ring (bicyclic) bond motifs is 1. The first-order valence-corrected chi connectivity index (χ1v) is 9.07. The molecule has 2 aromatic carbocycles. The van der Waals surface area contributed by atoms with Gasteiger partial charge in [-0.2, -0.15) is 0 Å². The molecule has 0 unspecified atom stereocenters. The standard InChI is InChI=1S/C21H23N3O4/c1-15-12-19(23-28-15)22-20(25)14-24(10-5-11-27-2)21(26)18-9-8-16-6-3-4-7-17(16)13-18/h3-4,6-9,12-13H,5,10-11,14H2,1-2H3,(H,22,23,25). The second kappa shape index (κ2) is 9.14. The highest BCUT2D eigenvalue weighted by molar-refractivity contribution is 6.01. The van der Waals surface area contributed by atoms with E-state index in [0.717, 1.165) is 10.8 Å². The van der Waals surface area contributed by atoms with Crippen molar-refractivity contribution in [2.45, 2.75) is 13.3 Å². The molecular weight excluding hydrogens is 358 g/mol. The van der Waals surface area contributed by atoms with Gasteiger partial charge in [-0.15, -0.1) is 0 Å². The summed E-state index contributed by atoms with van der Waals surface area (Å²) in [5.41, 5.74) is 0.543. The van der Waals surface area contributed by atoms with Crippen LogP contribution in [0.3, 0.4) is 0 Å². The fraction of sp³-hybridized carbons (Fsp3) is 0.286. The summed E-state index contributed by atoms with van der Waals surface area (Å²) in [5.74, 6) is 0.394. The summed E-state index contributed by atoms with van der Waals surface area (Å²) in [6.45, 7) is 2.57. The van der Waals surface area contributed by atoms with Crippen LogP contribution >= 0.6 is 0 Å². The van der Waals surface area contributed by atoms with Gasteiger partial charge in [0.05, 0.1) is 0 Å². The van der Waals surface area contributed by atoms with E-state index >= 15 is 0 Å². The lowest BCUT2D eigenvalue weighted by Gasteiger charge is -2.22. The Bertz CT molecular complexity index is 967. The first-order chi connectivity index (χ1) is 13.6. The molecule has 0 aliphatic rings. The van der Waals surface area contributed by atoms with Gasteiger partial charge in [-0.05, 0) is 36.2 Å². The molecule has 0 saturated carbocycles. The van der Waals surface area contributed by atoms with Crippen molar-refractivity contribution < 1.29 is 18.8 Å². The van der Waals surface area contributed by atoms with E-state index in [4.69, 9.17) is 9.26 Å². The number of carbonyl (C=O) groups is 2. The van der Waals surface area contributed by atoms with Crippen molar-refractivity contribution in [1.82, 2.24) is 10.1 Å². The number of ether oxygens (including phenoxy) is 1. The van der Waals surface area contributed by atoms with Gasteiger partial charge in [-0.1, -0.05) is 35.5 Å². The summed E-state index contributed by atoms with van der Waals surface area (Å²) in [5, 5.41) is 8.43. The van der Waals surface area contributed by atoms with Crippen LogP contribution in [0.1, 0.15) is 22.5 Å². The summed E-state index contributed by atoms with van der Waals surface area (Å²) in [4.78, 5) is 27.0. The molecular formula is C21H23N3O4. The van der Waals surface area contributed by atoms with Crippen molar-refractivity contribution in [2.75, 3.05) is 32.1 Å². The van der Waals surface area contributed by atoms with E-state index in [9.17, 15) is 9.59 Å². The van der Waals surface area contributed by atoms with E-state index in [1.54, 1.807) is 26.2 Å². The Hall–Kier alpha value is -3.19. The maximum atomic E-state index is 13.0. The van der Waals surface area contributed by atoms with Crippen molar-refractivity contribution in [3.8, 4) is 0 Å². The van der Waals surface area contributed by atoms with Crippen molar-refractivity contribution in [1.29, 1.82) is 0 Å². The van der Waals surface area contributed by atoms with E-state index in [1.165, 1.54) is 4.90 Å². The molecule has 7 nitrogen and oxygen atoms in total. The number of aromatic nitrogens is 1. The smallest absolute Gasteiger partial charge is 0.254 e. The average molecular weight is 381 g/mol. The molecule has 0 spiro atoms. The number of methoxy groups -OCH3 is 1. The Morgan fingerprint density at radius 2 is 1.93 bits per heavy atom. The minimum atomic E-state index is -0.333. The largest absolute Gasteiger partial charge is 0.385 e. The third-order valence-corrected chi connectivity index (χ3v) is 4.29. The second-order valence-electron chi connectivity index (χ2n) is 6.51. The number of nitrogens with one attached hydrogen (secondary N) is 1. The van der Waals surface area contributed by atoms with E-state index in [-0.39, 0.29) is 18.4 Å². The number of hydrogen-bond donors (Lipinski definition) is 1. The SMILES string of the molecule is COCCCN(CC(=O)Nc1cc(C)on1)C(=O)c1ccc2ccccc2c1. The Morgan fingerprint density at radius 1 is 1.14 bits per heavy atom. The van der Waals surface area contributed by atoms with Gasteiger partial charge in [0.2, 0.25) is 5.91 Å². The lowest BCUT2D eigenvalue weighted by Crippen LogP contribution is -2.39. The predicted octanol–water partition coefficient (Wildman–Crippen LogP) is 3.25. The van der Waals surface area contributed by atoms with Crippen LogP contribution < -0.4 is 5.32 Å². The highest BCUT2D eigenvalue weighted by Crippen LogP contribution is 2.17. The lowest BCUT2D eigenvalue weighted by atomic mass is 10.1. The van der Waals surface area contributed by atoms with Gasteiger partial charge < -0.3 is 19.5 Å². The van der Waals surface area contributed by atoms with E-state index < -0.39 is 0 Å². The van der Waals surface area contributed by atoms with Gasteiger partial charge in [0.1, 0.15) is 12.3 Å². The molecule has 28 heavy (non-hydrogen) atoms. The van der Waals surface area contributed by atoms with Gasteiger partial charge in [0.15, 0.2) is 5.82 Å². The molecule has 3 rings (SSSR count). The van der Waals surface area contributed by atoms with E-state index in [0.29, 0.717) is 36.7 Å². The number of benzene rings is 2. The number of nitrogens with zero attached hydrogens (tertiary/aromatic N) is 2. The molecule has 0 fully saturated rings. The lowest BCUT2D eigenvalue weighted by molar-refractivity contribution is -0.117. The molecule has 3 aromatic rings. The molecule has 1 N–H and O–H groups in total. The normalized spacial score (nSPS) is 10.8. The number of carbonyl (C=O) groups excluding carboxylic acids is 2. The van der Waals surface area contributed by atoms with Crippen LogP contribution in [0.25, 0.3) is 10.8 Å². The average Bonchev–Trinajstić information content (AvgIpc) is 3.10. The zero-order valence-electron chi connectivity index (χ0n) is 16.0. The summed E-state index contributed by atoms with van der Waals surface area (Å²) in [6, 6.07) is 15.0. The molecule has 1 aromatic heterocycles. The van der Waals surface area contributed by atoms with Crippen molar-refractivity contribution in [3.63, 3.8) is 0 Å². The fourth-order valence-electron chi connectivity index (χ4n) is 2.94. The highest BCUT2D eigenvalue weighted by atomic mass is 16.5. The summed E-state index contributed by atoms with van der Waals surface area (Å²) in [7, 11) is 1.61. The predicted molar refractivity (Wildman–Crippen MR) is 106 cm³/mol. The van der Waals surface area contributed by atoms with Crippen LogP contribution in [-0.2, 0) is 9.53 Å². The number of amides is 2. The summed E-state index contributed by atoms with van der Waals surface area (Å²) < 4.78 is 10.0. The third-order valence-electron chi connectivity index (χ3n) is 4.29. The van der Waals surface area contributed by atoms with Crippen LogP contribution in [0.5, 0.6) is 0 Å². The molecule has 0 aliphatic heterocycles. The fourth-order valence-corrected chi connectivity index (χ4v) is 2.94. The summed E-state index contributed by atoms with van der Waals surface area (Å²) in [6.07, 6.45) is 0.631. The monoisotopic (exact) mass is 381 g/mol. The molecule has 2 amide bonds. The van der Waals surface area contributed by atoms with E-state index in [1.807, 2.05) is 36.4 Å². The van der Waals surface area contributed by atoms with Crippen LogP contribution in [-0.4, -0.2) is 48.7 Å². The van der Waals surface area contributed by atoms with Crippen molar-refractivity contribution >= 4 is 28.4 Å². The third kappa shape index (κ3) is 4.95. The number of hydrogen-bond acceptors (Lipinski definition) is 5. The number of rotatable bonds is 8. The summed E-state index contributed by atoms with van der Waals surface area (Å²) >= 11 is 0. The Kier molecular flexibility index (Phi) is 6.39. The minimum absolute atomic E-state index is 0.0821. The molecule has 0 bridgehead atoms. The molecule has 0 aliphatic carbocycles.